The molecule has 0 unspecified atom stereocenters. The lowest BCUT2D eigenvalue weighted by molar-refractivity contribution is -0.128. The summed E-state index contributed by atoms with van der Waals surface area (Å²) in [5.74, 6) is 0.304. The van der Waals surface area contributed by atoms with Crippen LogP contribution in [0.25, 0.3) is 0 Å². The fourth-order valence-electron chi connectivity index (χ4n) is 2.91. The van der Waals surface area contributed by atoms with Gasteiger partial charge in [-0.3, -0.25) is 9.69 Å². The number of hydrogen-bond acceptors (Lipinski definition) is 2. The molecule has 98 valence electrons. The second-order valence-electron chi connectivity index (χ2n) is 5.32. The standard InChI is InChI=1S/C15H20ClNO/c1-17(2)15(9-5-6-10-15)14(18)11-12-7-3-4-8-13(12)16/h3-4,7-8H,5-6,9-11H2,1-2H3. The minimum atomic E-state index is -0.265. The van der Waals surface area contributed by atoms with Crippen LogP contribution in [0.2, 0.25) is 5.02 Å². The Morgan fingerprint density at radius 2 is 1.89 bits per heavy atom. The van der Waals surface area contributed by atoms with Gasteiger partial charge in [0.1, 0.15) is 0 Å². The van der Waals surface area contributed by atoms with Crippen LogP contribution in [0.4, 0.5) is 0 Å². The molecule has 1 aliphatic rings. The van der Waals surface area contributed by atoms with Gasteiger partial charge in [0.2, 0.25) is 0 Å². The number of benzene rings is 1. The van der Waals surface area contributed by atoms with E-state index >= 15 is 0 Å². The normalized spacial score (nSPS) is 18.2. The maximum atomic E-state index is 12.6. The van der Waals surface area contributed by atoms with E-state index < -0.39 is 0 Å². The molecule has 1 aromatic carbocycles. The van der Waals surface area contributed by atoms with Gasteiger partial charge in [-0.1, -0.05) is 42.6 Å². The smallest absolute Gasteiger partial charge is 0.157 e. The van der Waals surface area contributed by atoms with Crippen molar-refractivity contribution in [3.63, 3.8) is 0 Å². The average molecular weight is 266 g/mol. The van der Waals surface area contributed by atoms with Crippen molar-refractivity contribution in [2.24, 2.45) is 0 Å². The highest BCUT2D eigenvalue weighted by atomic mass is 35.5. The van der Waals surface area contributed by atoms with Crippen LogP contribution in [-0.2, 0) is 11.2 Å². The zero-order valence-corrected chi connectivity index (χ0v) is 11.8. The molecular formula is C15H20ClNO. The van der Waals surface area contributed by atoms with E-state index in [2.05, 4.69) is 4.90 Å². The lowest BCUT2D eigenvalue weighted by Gasteiger charge is -2.34. The first-order valence-corrected chi connectivity index (χ1v) is 6.88. The van der Waals surface area contributed by atoms with Crippen molar-refractivity contribution in [3.05, 3.63) is 34.9 Å². The van der Waals surface area contributed by atoms with E-state index in [-0.39, 0.29) is 5.54 Å². The number of ketones is 1. The van der Waals surface area contributed by atoms with E-state index in [1.165, 1.54) is 0 Å². The number of hydrogen-bond donors (Lipinski definition) is 0. The second kappa shape index (κ2) is 5.41. The summed E-state index contributed by atoms with van der Waals surface area (Å²) in [6.07, 6.45) is 4.68. The molecule has 1 aromatic rings. The number of nitrogens with zero attached hydrogens (tertiary/aromatic N) is 1. The van der Waals surface area contributed by atoms with E-state index in [1.807, 2.05) is 38.4 Å². The SMILES string of the molecule is CN(C)C1(C(=O)Cc2ccccc2Cl)CCCC1. The lowest BCUT2D eigenvalue weighted by atomic mass is 9.87. The zero-order chi connectivity index (χ0) is 13.2. The first-order chi connectivity index (χ1) is 8.56. The van der Waals surface area contributed by atoms with E-state index in [9.17, 15) is 4.79 Å². The predicted octanol–water partition coefficient (Wildman–Crippen LogP) is 3.33. The van der Waals surface area contributed by atoms with Gasteiger partial charge in [-0.2, -0.15) is 0 Å². The summed E-state index contributed by atoms with van der Waals surface area (Å²) in [5.41, 5.74) is 0.677. The van der Waals surface area contributed by atoms with Gasteiger partial charge in [-0.05, 0) is 38.6 Å². The minimum Gasteiger partial charge on any atom is -0.297 e. The molecule has 2 nitrogen and oxygen atoms in total. The molecule has 0 aliphatic heterocycles. The molecule has 1 saturated carbocycles. The molecule has 1 fully saturated rings. The molecule has 18 heavy (non-hydrogen) atoms. The lowest BCUT2D eigenvalue weighted by Crippen LogP contribution is -2.49. The van der Waals surface area contributed by atoms with Gasteiger partial charge in [0.05, 0.1) is 5.54 Å². The monoisotopic (exact) mass is 265 g/mol. The fourth-order valence-corrected chi connectivity index (χ4v) is 3.12. The van der Waals surface area contributed by atoms with Crippen LogP contribution < -0.4 is 0 Å². The summed E-state index contributed by atoms with van der Waals surface area (Å²) in [4.78, 5) is 14.7. The first kappa shape index (κ1) is 13.6. The summed E-state index contributed by atoms with van der Waals surface area (Å²) < 4.78 is 0. The quantitative estimate of drug-likeness (QED) is 0.832. The van der Waals surface area contributed by atoms with Crippen LogP contribution in [0.3, 0.4) is 0 Å². The Hall–Kier alpha value is -0.860. The summed E-state index contributed by atoms with van der Waals surface area (Å²) in [5, 5.41) is 0.692. The molecule has 0 heterocycles. The van der Waals surface area contributed by atoms with Gasteiger partial charge in [-0.15, -0.1) is 0 Å². The Bertz CT molecular complexity index is 436. The largest absolute Gasteiger partial charge is 0.297 e. The van der Waals surface area contributed by atoms with Gasteiger partial charge >= 0.3 is 0 Å². The van der Waals surface area contributed by atoms with Crippen LogP contribution in [-0.4, -0.2) is 30.3 Å². The third-order valence-corrected chi connectivity index (χ3v) is 4.48. The highest BCUT2D eigenvalue weighted by molar-refractivity contribution is 6.31. The van der Waals surface area contributed by atoms with E-state index in [0.717, 1.165) is 31.2 Å². The van der Waals surface area contributed by atoms with E-state index in [0.29, 0.717) is 17.2 Å². The number of rotatable bonds is 4. The van der Waals surface area contributed by atoms with Crippen LogP contribution in [0.15, 0.2) is 24.3 Å². The molecule has 0 amide bonds. The molecule has 0 saturated heterocycles. The van der Waals surface area contributed by atoms with Crippen LogP contribution in [0.1, 0.15) is 31.2 Å². The predicted molar refractivity (Wildman–Crippen MR) is 75.0 cm³/mol. The van der Waals surface area contributed by atoms with Crippen molar-refractivity contribution in [3.8, 4) is 0 Å². The fraction of sp³-hybridized carbons (Fsp3) is 0.533. The molecule has 0 atom stereocenters. The molecule has 0 aromatic heterocycles. The Kier molecular flexibility index (Phi) is 4.08. The highest BCUT2D eigenvalue weighted by Crippen LogP contribution is 2.35. The van der Waals surface area contributed by atoms with Crippen molar-refractivity contribution >= 4 is 17.4 Å². The van der Waals surface area contributed by atoms with Crippen molar-refractivity contribution in [1.82, 2.24) is 4.90 Å². The Labute approximate surface area is 114 Å². The van der Waals surface area contributed by atoms with E-state index in [4.69, 9.17) is 11.6 Å². The summed E-state index contributed by atoms with van der Waals surface area (Å²) >= 11 is 6.13. The number of carbonyl (C=O) groups excluding carboxylic acids is 1. The topological polar surface area (TPSA) is 20.3 Å². The maximum Gasteiger partial charge on any atom is 0.157 e. The number of carbonyl (C=O) groups is 1. The first-order valence-electron chi connectivity index (χ1n) is 6.50. The summed E-state index contributed by atoms with van der Waals surface area (Å²) in [7, 11) is 4.02. The third kappa shape index (κ3) is 2.45. The second-order valence-corrected chi connectivity index (χ2v) is 5.73. The van der Waals surface area contributed by atoms with Gasteiger partial charge < -0.3 is 0 Å². The van der Waals surface area contributed by atoms with E-state index in [1.54, 1.807) is 0 Å². The van der Waals surface area contributed by atoms with Crippen LogP contribution >= 0.6 is 11.6 Å². The van der Waals surface area contributed by atoms with Crippen molar-refractivity contribution in [2.75, 3.05) is 14.1 Å². The summed E-state index contributed by atoms with van der Waals surface area (Å²) in [6.45, 7) is 0. The molecule has 1 aliphatic carbocycles. The average Bonchev–Trinajstić information content (AvgIpc) is 2.82. The third-order valence-electron chi connectivity index (χ3n) is 4.11. The van der Waals surface area contributed by atoms with Crippen LogP contribution in [0.5, 0.6) is 0 Å². The molecule has 0 N–H and O–H groups in total. The van der Waals surface area contributed by atoms with Gasteiger partial charge in [0, 0.05) is 11.4 Å². The Morgan fingerprint density at radius 3 is 2.44 bits per heavy atom. The Balaban J connectivity index is 2.19. The van der Waals surface area contributed by atoms with Crippen molar-refractivity contribution < 1.29 is 4.79 Å². The number of halogens is 1. The molecule has 2 rings (SSSR count). The number of likely N-dealkylation sites (N-methyl/N-ethyl adjacent to an activating group) is 1. The highest BCUT2D eigenvalue weighted by Gasteiger charge is 2.42. The maximum absolute atomic E-state index is 12.6. The van der Waals surface area contributed by atoms with Gasteiger partial charge in [-0.25, -0.2) is 0 Å². The molecule has 0 spiro atoms. The zero-order valence-electron chi connectivity index (χ0n) is 11.1. The van der Waals surface area contributed by atoms with Gasteiger partial charge in [0.15, 0.2) is 5.78 Å². The molecule has 0 bridgehead atoms. The molecule has 0 radical (unpaired) electrons. The van der Waals surface area contributed by atoms with Crippen molar-refractivity contribution in [1.29, 1.82) is 0 Å². The molecule has 3 heteroatoms. The minimum absolute atomic E-state index is 0.265. The number of Topliss-reactive ketones (excluding diaryl/α,β-unsaturated/α-hetero) is 1. The van der Waals surface area contributed by atoms with Gasteiger partial charge in [0.25, 0.3) is 0 Å². The van der Waals surface area contributed by atoms with Crippen LogP contribution in [0, 0.1) is 0 Å². The summed E-state index contributed by atoms with van der Waals surface area (Å²) in [6, 6.07) is 7.62. The van der Waals surface area contributed by atoms with Crippen molar-refractivity contribution in [2.45, 2.75) is 37.6 Å². The molecular weight excluding hydrogens is 246 g/mol. The Morgan fingerprint density at radius 1 is 1.28 bits per heavy atom.